The molecule has 0 saturated carbocycles. The fourth-order valence-corrected chi connectivity index (χ4v) is 3.38. The Balaban J connectivity index is 1.37. The van der Waals surface area contributed by atoms with Crippen molar-refractivity contribution >= 4 is 11.7 Å². The van der Waals surface area contributed by atoms with Gasteiger partial charge in [-0.15, -0.1) is 0 Å². The number of nitrogens with zero attached hydrogens (tertiary/aromatic N) is 5. The average molecular weight is 394 g/mol. The zero-order valence-corrected chi connectivity index (χ0v) is 16.1. The van der Waals surface area contributed by atoms with Gasteiger partial charge >= 0.3 is 0 Å². The molecule has 1 fully saturated rings. The minimum absolute atomic E-state index is 0.142. The van der Waals surface area contributed by atoms with Crippen LogP contribution in [0.1, 0.15) is 30.1 Å². The standard InChI is InChI=1S/C20H22N6O3/c1-14-20(25-29-24-14)23-18(27)13-26-9-5-6-15(12-26)17-10-21-11-19(22-17)28-16-7-3-2-4-8-16/h2-4,7-8,10-11,15H,5-6,9,12-13H2,1H3,(H,23,25,27). The fourth-order valence-electron chi connectivity index (χ4n) is 3.38. The highest BCUT2D eigenvalue weighted by Gasteiger charge is 2.25. The van der Waals surface area contributed by atoms with Crippen LogP contribution >= 0.6 is 0 Å². The van der Waals surface area contributed by atoms with E-state index in [2.05, 4.69) is 35.1 Å². The van der Waals surface area contributed by atoms with Gasteiger partial charge in [0.05, 0.1) is 18.4 Å². The number of anilines is 1. The van der Waals surface area contributed by atoms with Crippen molar-refractivity contribution < 1.29 is 14.2 Å². The van der Waals surface area contributed by atoms with Crippen LogP contribution < -0.4 is 10.1 Å². The lowest BCUT2D eigenvalue weighted by Gasteiger charge is -2.31. The van der Waals surface area contributed by atoms with Gasteiger partial charge in [-0.05, 0) is 43.6 Å². The van der Waals surface area contributed by atoms with E-state index in [9.17, 15) is 4.79 Å². The number of carbonyl (C=O) groups excluding carboxylic acids is 1. The van der Waals surface area contributed by atoms with E-state index in [-0.39, 0.29) is 18.4 Å². The molecule has 1 aliphatic rings. The molecule has 1 saturated heterocycles. The Kier molecular flexibility index (Phi) is 5.76. The molecular formula is C20H22N6O3. The van der Waals surface area contributed by atoms with Crippen LogP contribution in [0.15, 0.2) is 47.4 Å². The largest absolute Gasteiger partial charge is 0.437 e. The Hall–Kier alpha value is -3.33. The number of carbonyl (C=O) groups is 1. The molecule has 3 heterocycles. The second-order valence-electron chi connectivity index (χ2n) is 7.02. The SMILES string of the molecule is Cc1nonc1NC(=O)CN1CCCC(c2cncc(Oc3ccccc3)n2)C1. The van der Waals surface area contributed by atoms with Crippen molar-refractivity contribution in [3.05, 3.63) is 54.1 Å². The van der Waals surface area contributed by atoms with E-state index in [1.165, 1.54) is 0 Å². The molecule has 29 heavy (non-hydrogen) atoms. The molecule has 150 valence electrons. The first kappa shape index (κ1) is 19.0. The molecule has 4 rings (SSSR count). The number of amides is 1. The van der Waals surface area contributed by atoms with E-state index < -0.39 is 0 Å². The van der Waals surface area contributed by atoms with Gasteiger partial charge in [-0.1, -0.05) is 23.4 Å². The van der Waals surface area contributed by atoms with Gasteiger partial charge in [0.2, 0.25) is 11.8 Å². The summed E-state index contributed by atoms with van der Waals surface area (Å²) in [4.78, 5) is 23.4. The van der Waals surface area contributed by atoms with Gasteiger partial charge in [-0.2, -0.15) is 0 Å². The summed E-state index contributed by atoms with van der Waals surface area (Å²) in [5, 5.41) is 10.1. The monoisotopic (exact) mass is 394 g/mol. The van der Waals surface area contributed by atoms with Gasteiger partial charge in [0.1, 0.15) is 11.4 Å². The molecule has 1 atom stereocenters. The molecule has 1 amide bonds. The summed E-state index contributed by atoms with van der Waals surface area (Å²) in [7, 11) is 0. The van der Waals surface area contributed by atoms with Crippen LogP contribution in [-0.2, 0) is 4.79 Å². The topological polar surface area (TPSA) is 106 Å². The molecule has 3 aromatic rings. The van der Waals surface area contributed by atoms with Crippen molar-refractivity contribution in [2.45, 2.75) is 25.7 Å². The fraction of sp³-hybridized carbons (Fsp3) is 0.350. The van der Waals surface area contributed by atoms with Crippen LogP contribution in [-0.4, -0.2) is 50.7 Å². The summed E-state index contributed by atoms with van der Waals surface area (Å²) in [6, 6.07) is 9.51. The zero-order valence-electron chi connectivity index (χ0n) is 16.1. The number of aryl methyl sites for hydroxylation is 1. The van der Waals surface area contributed by atoms with Crippen molar-refractivity contribution in [3.63, 3.8) is 0 Å². The van der Waals surface area contributed by atoms with Crippen LogP contribution in [0.25, 0.3) is 0 Å². The molecule has 1 aliphatic heterocycles. The van der Waals surface area contributed by atoms with E-state index in [1.807, 2.05) is 30.3 Å². The number of benzene rings is 1. The third-order valence-corrected chi connectivity index (χ3v) is 4.80. The molecule has 9 heteroatoms. The van der Waals surface area contributed by atoms with Gasteiger partial charge in [-0.25, -0.2) is 9.61 Å². The molecule has 2 aromatic heterocycles. The maximum absolute atomic E-state index is 12.3. The van der Waals surface area contributed by atoms with E-state index in [1.54, 1.807) is 19.3 Å². The summed E-state index contributed by atoms with van der Waals surface area (Å²) in [6.07, 6.45) is 5.36. The lowest BCUT2D eigenvalue weighted by molar-refractivity contribution is -0.117. The smallest absolute Gasteiger partial charge is 0.239 e. The number of piperidine rings is 1. The molecule has 0 spiro atoms. The number of nitrogens with one attached hydrogen (secondary N) is 1. The third-order valence-electron chi connectivity index (χ3n) is 4.80. The van der Waals surface area contributed by atoms with Crippen LogP contribution in [0, 0.1) is 6.92 Å². The quantitative estimate of drug-likeness (QED) is 0.680. The van der Waals surface area contributed by atoms with E-state index in [0.717, 1.165) is 37.4 Å². The lowest BCUT2D eigenvalue weighted by Crippen LogP contribution is -2.40. The maximum Gasteiger partial charge on any atom is 0.239 e. The summed E-state index contributed by atoms with van der Waals surface area (Å²) < 4.78 is 10.4. The Bertz CT molecular complexity index is 962. The van der Waals surface area contributed by atoms with Crippen LogP contribution in [0.4, 0.5) is 5.82 Å². The molecule has 0 aliphatic carbocycles. The highest BCUT2D eigenvalue weighted by Crippen LogP contribution is 2.27. The summed E-state index contributed by atoms with van der Waals surface area (Å²) in [5.74, 6) is 1.60. The normalized spacial score (nSPS) is 17.1. The Morgan fingerprint density at radius 3 is 2.93 bits per heavy atom. The molecule has 1 aromatic carbocycles. The minimum Gasteiger partial charge on any atom is -0.437 e. The second kappa shape index (κ2) is 8.78. The average Bonchev–Trinajstić information content (AvgIpc) is 3.13. The predicted molar refractivity (Wildman–Crippen MR) is 105 cm³/mol. The predicted octanol–water partition coefficient (Wildman–Crippen LogP) is 2.78. The Morgan fingerprint density at radius 2 is 2.14 bits per heavy atom. The molecule has 1 unspecified atom stereocenters. The van der Waals surface area contributed by atoms with Crippen molar-refractivity contribution in [3.8, 4) is 11.6 Å². The third kappa shape index (κ3) is 4.94. The number of hydrogen-bond donors (Lipinski definition) is 1. The molecule has 0 bridgehead atoms. The van der Waals surface area contributed by atoms with Gasteiger partial charge < -0.3 is 10.1 Å². The Labute approximate surface area is 168 Å². The number of likely N-dealkylation sites (tertiary alicyclic amines) is 1. The highest BCUT2D eigenvalue weighted by atomic mass is 16.6. The summed E-state index contributed by atoms with van der Waals surface area (Å²) >= 11 is 0. The van der Waals surface area contributed by atoms with Crippen molar-refractivity contribution in [2.24, 2.45) is 0 Å². The van der Waals surface area contributed by atoms with Gasteiger partial charge in [0, 0.05) is 18.7 Å². The highest BCUT2D eigenvalue weighted by molar-refractivity contribution is 5.91. The summed E-state index contributed by atoms with van der Waals surface area (Å²) in [5.41, 5.74) is 1.43. The van der Waals surface area contributed by atoms with Crippen molar-refractivity contribution in [2.75, 3.05) is 25.0 Å². The van der Waals surface area contributed by atoms with E-state index in [4.69, 9.17) is 4.74 Å². The molecule has 0 radical (unpaired) electrons. The number of ether oxygens (including phenoxy) is 1. The molecule has 9 nitrogen and oxygen atoms in total. The number of aromatic nitrogens is 4. The first-order valence-corrected chi connectivity index (χ1v) is 9.53. The maximum atomic E-state index is 12.3. The Morgan fingerprint density at radius 1 is 1.28 bits per heavy atom. The van der Waals surface area contributed by atoms with E-state index in [0.29, 0.717) is 17.4 Å². The van der Waals surface area contributed by atoms with Gasteiger partial charge in [-0.3, -0.25) is 14.7 Å². The molecule has 1 N–H and O–H groups in total. The second-order valence-corrected chi connectivity index (χ2v) is 7.02. The number of hydrogen-bond acceptors (Lipinski definition) is 8. The van der Waals surface area contributed by atoms with E-state index >= 15 is 0 Å². The van der Waals surface area contributed by atoms with Crippen molar-refractivity contribution in [1.82, 2.24) is 25.2 Å². The van der Waals surface area contributed by atoms with Crippen LogP contribution in [0.2, 0.25) is 0 Å². The first-order valence-electron chi connectivity index (χ1n) is 9.53. The van der Waals surface area contributed by atoms with Crippen LogP contribution in [0.3, 0.4) is 0 Å². The number of rotatable bonds is 6. The lowest BCUT2D eigenvalue weighted by atomic mass is 9.95. The molecular weight excluding hydrogens is 372 g/mol. The minimum atomic E-state index is -0.142. The zero-order chi connectivity index (χ0) is 20.1. The summed E-state index contributed by atoms with van der Waals surface area (Å²) in [6.45, 7) is 3.59. The number of para-hydroxylation sites is 1. The first-order chi connectivity index (χ1) is 14.2. The van der Waals surface area contributed by atoms with Crippen LogP contribution in [0.5, 0.6) is 11.6 Å². The van der Waals surface area contributed by atoms with Gasteiger partial charge in [0.25, 0.3) is 0 Å². The van der Waals surface area contributed by atoms with Crippen molar-refractivity contribution in [1.29, 1.82) is 0 Å². The van der Waals surface area contributed by atoms with Gasteiger partial charge in [0.15, 0.2) is 5.82 Å².